The van der Waals surface area contributed by atoms with Gasteiger partial charge in [-0.25, -0.2) is 0 Å². The monoisotopic (exact) mass is 487 g/mol. The minimum atomic E-state index is -0.276. The topological polar surface area (TPSA) is 59.5 Å². The summed E-state index contributed by atoms with van der Waals surface area (Å²) in [5.41, 5.74) is 3.85. The predicted octanol–water partition coefficient (Wildman–Crippen LogP) is 5.79. The number of ketones is 1. The number of nitrogens with zero attached hydrogens (tertiary/aromatic N) is 3. The van der Waals surface area contributed by atoms with Gasteiger partial charge >= 0.3 is 0 Å². The van der Waals surface area contributed by atoms with E-state index in [1.807, 2.05) is 33.7 Å². The van der Waals surface area contributed by atoms with Gasteiger partial charge in [0, 0.05) is 35.6 Å². The van der Waals surface area contributed by atoms with Crippen molar-refractivity contribution < 1.29 is 9.90 Å². The third-order valence-corrected chi connectivity index (χ3v) is 6.27. The summed E-state index contributed by atoms with van der Waals surface area (Å²) in [5, 5.41) is 10.9. The third kappa shape index (κ3) is 5.22. The first-order valence-electron chi connectivity index (χ1n) is 10.9. The van der Waals surface area contributed by atoms with Crippen LogP contribution in [0.25, 0.3) is 0 Å². The van der Waals surface area contributed by atoms with Gasteiger partial charge in [0.2, 0.25) is 5.62 Å². The summed E-state index contributed by atoms with van der Waals surface area (Å²) in [4.78, 5) is 13.3. The van der Waals surface area contributed by atoms with E-state index >= 15 is 0 Å². The molecule has 1 aliphatic rings. The van der Waals surface area contributed by atoms with Gasteiger partial charge in [-0.2, -0.15) is 4.02 Å². The molecule has 1 fully saturated rings. The molecule has 0 saturated heterocycles. The molecular weight excluding hydrogens is 454 g/mol. The molecule has 0 spiro atoms. The minimum Gasteiger partial charge on any atom is -0.507 e. The number of rotatable bonds is 5. The lowest BCUT2D eigenvalue weighted by Crippen LogP contribution is -2.28. The molecule has 1 saturated carbocycles. The van der Waals surface area contributed by atoms with Gasteiger partial charge in [0.15, 0.2) is 5.78 Å². The zero-order valence-electron chi connectivity index (χ0n) is 19.5. The average Bonchev–Trinajstić information content (AvgIpc) is 3.00. The first-order chi connectivity index (χ1) is 14.4. The van der Waals surface area contributed by atoms with E-state index in [2.05, 4.69) is 67.8 Å². The summed E-state index contributed by atoms with van der Waals surface area (Å²) in [5.74, 6) is 0.282. The number of aromatic nitrogens is 2. The Morgan fingerprint density at radius 3 is 2.06 bits per heavy atom. The van der Waals surface area contributed by atoms with Crippen molar-refractivity contribution in [2.75, 3.05) is 0 Å². The highest BCUT2D eigenvalue weighted by Gasteiger charge is 2.28. The number of carbonyl (C=O) groups is 1. The zero-order chi connectivity index (χ0) is 23.0. The second-order valence-corrected chi connectivity index (χ2v) is 10.9. The molecule has 6 heteroatoms. The van der Waals surface area contributed by atoms with Crippen molar-refractivity contribution in [3.63, 3.8) is 0 Å². The maximum atomic E-state index is 13.3. The first-order valence-corrected chi connectivity index (χ1v) is 11.6. The lowest BCUT2D eigenvalue weighted by molar-refractivity contribution is 0.0970. The summed E-state index contributed by atoms with van der Waals surface area (Å²) < 4.78 is 8.13. The Bertz CT molecular complexity index is 1030. The lowest BCUT2D eigenvalue weighted by Gasteiger charge is -2.28. The van der Waals surface area contributed by atoms with Crippen LogP contribution in [0.4, 0.5) is 0 Å². The molecule has 168 valence electrons. The van der Waals surface area contributed by atoms with Gasteiger partial charge in [0.25, 0.3) is 0 Å². The Morgan fingerprint density at radius 1 is 1.06 bits per heavy atom. The van der Waals surface area contributed by atoms with E-state index in [0.717, 1.165) is 17.7 Å². The van der Waals surface area contributed by atoms with Gasteiger partial charge in [0.1, 0.15) is 5.75 Å². The molecule has 1 aromatic carbocycles. The number of phenolic OH excluding ortho intramolecular Hbond substituents is 1. The molecule has 5 nitrogen and oxygen atoms in total. The zero-order valence-corrected chi connectivity index (χ0v) is 21.1. The maximum Gasteiger partial charge on any atom is 0.217 e. The van der Waals surface area contributed by atoms with Crippen molar-refractivity contribution in [3.8, 4) is 5.75 Å². The number of benzene rings is 1. The second-order valence-electron chi connectivity index (χ2n) is 10.5. The molecule has 1 N–H and O–H groups in total. The Morgan fingerprint density at radius 2 is 1.61 bits per heavy atom. The number of Topliss-reactive ketones (excluding diaryl/α,β-unsaturated/α-hetero) is 1. The van der Waals surface area contributed by atoms with Crippen molar-refractivity contribution in [1.82, 2.24) is 9.13 Å². The van der Waals surface area contributed by atoms with Gasteiger partial charge < -0.3 is 14.2 Å². The van der Waals surface area contributed by atoms with Crippen LogP contribution in [0, 0.1) is 0 Å². The Hall–Kier alpha value is -2.08. The number of imidazole rings is 1. The number of allylic oxidation sites excluding steroid dienone is 2. The van der Waals surface area contributed by atoms with Gasteiger partial charge in [-0.05, 0) is 42.2 Å². The highest BCUT2D eigenvalue weighted by molar-refractivity contribution is 9.08. The Balaban J connectivity index is 1.94. The predicted molar refractivity (Wildman–Crippen MR) is 129 cm³/mol. The first kappa shape index (κ1) is 23.6. The van der Waals surface area contributed by atoms with Crippen molar-refractivity contribution in [2.45, 2.75) is 84.7 Å². The summed E-state index contributed by atoms with van der Waals surface area (Å²) in [6, 6.07) is 3.69. The molecule has 1 aliphatic carbocycles. The molecule has 0 atom stereocenters. The Kier molecular flexibility index (Phi) is 6.70. The fourth-order valence-corrected chi connectivity index (χ4v) is 4.23. The lowest BCUT2D eigenvalue weighted by atomic mass is 9.78. The summed E-state index contributed by atoms with van der Waals surface area (Å²) in [7, 11) is 0. The van der Waals surface area contributed by atoms with Crippen LogP contribution in [-0.2, 0) is 23.9 Å². The van der Waals surface area contributed by atoms with E-state index in [-0.39, 0.29) is 28.9 Å². The van der Waals surface area contributed by atoms with E-state index in [1.165, 1.54) is 24.8 Å². The van der Waals surface area contributed by atoms with Crippen LogP contribution >= 0.6 is 16.1 Å². The SMILES string of the molecule is CC(C)(C)c1cc(C(=O)Cn2ccn(CC=C3CCC3)/c2=N/Br)cc(C(C)(C)C)c1O. The number of halogens is 1. The molecule has 31 heavy (non-hydrogen) atoms. The molecule has 0 radical (unpaired) electrons. The van der Waals surface area contributed by atoms with E-state index in [4.69, 9.17) is 0 Å². The van der Waals surface area contributed by atoms with E-state index in [0.29, 0.717) is 11.2 Å². The quantitative estimate of drug-likeness (QED) is 0.428. The molecule has 3 rings (SSSR count). The molecule has 0 aliphatic heterocycles. The van der Waals surface area contributed by atoms with Gasteiger partial charge in [-0.1, -0.05) is 53.2 Å². The largest absolute Gasteiger partial charge is 0.507 e. The van der Waals surface area contributed by atoms with Crippen LogP contribution in [0.3, 0.4) is 0 Å². The van der Waals surface area contributed by atoms with Gasteiger partial charge in [-0.3, -0.25) is 4.79 Å². The van der Waals surface area contributed by atoms with Crippen molar-refractivity contribution in [1.29, 1.82) is 0 Å². The second kappa shape index (κ2) is 8.81. The maximum absolute atomic E-state index is 13.3. The molecular formula is C25H34BrN3O2. The highest BCUT2D eigenvalue weighted by Crippen LogP contribution is 2.39. The number of hydrogen-bond donors (Lipinski definition) is 1. The molecule has 0 bridgehead atoms. The van der Waals surface area contributed by atoms with Gasteiger partial charge in [0.05, 0.1) is 22.7 Å². The number of phenols is 1. The highest BCUT2D eigenvalue weighted by atomic mass is 79.9. The minimum absolute atomic E-state index is 0.00602. The summed E-state index contributed by atoms with van der Waals surface area (Å²) in [6.45, 7) is 13.2. The molecule has 2 aromatic rings. The number of hydrogen-bond acceptors (Lipinski definition) is 3. The number of aromatic hydroxyl groups is 1. The smallest absolute Gasteiger partial charge is 0.217 e. The molecule has 0 amide bonds. The van der Waals surface area contributed by atoms with Crippen LogP contribution < -0.4 is 5.62 Å². The number of carbonyl (C=O) groups excluding carboxylic acids is 1. The standard InChI is InChI=1S/C25H34BrN3O2/c1-24(2,3)19-14-18(15-20(22(19)31)25(4,5)6)21(30)16-29-13-12-28(23(29)27-26)11-10-17-8-7-9-17/h10,12-15,31H,7-9,11,16H2,1-6H3/b27-23-. The third-order valence-electron chi connectivity index (χ3n) is 5.95. The van der Waals surface area contributed by atoms with E-state index < -0.39 is 0 Å². The fraction of sp³-hybridized carbons (Fsp3) is 0.520. The van der Waals surface area contributed by atoms with Crippen LogP contribution in [0.1, 0.15) is 82.3 Å². The van der Waals surface area contributed by atoms with E-state index in [9.17, 15) is 9.90 Å². The molecule has 0 unspecified atom stereocenters. The van der Waals surface area contributed by atoms with Crippen LogP contribution in [0.5, 0.6) is 5.75 Å². The average molecular weight is 488 g/mol. The Labute approximate surface area is 193 Å². The van der Waals surface area contributed by atoms with E-state index in [1.54, 1.807) is 0 Å². The van der Waals surface area contributed by atoms with Crippen molar-refractivity contribution >= 4 is 21.9 Å². The normalized spacial score (nSPS) is 15.2. The van der Waals surface area contributed by atoms with Gasteiger partial charge in [-0.15, -0.1) is 0 Å². The van der Waals surface area contributed by atoms with Crippen LogP contribution in [0.15, 0.2) is 40.2 Å². The molecule has 1 heterocycles. The van der Waals surface area contributed by atoms with Crippen molar-refractivity contribution in [2.24, 2.45) is 4.02 Å². The fourth-order valence-electron chi connectivity index (χ4n) is 3.82. The van der Waals surface area contributed by atoms with Crippen LogP contribution in [-0.4, -0.2) is 20.0 Å². The summed E-state index contributed by atoms with van der Waals surface area (Å²) >= 11 is 3.23. The molecule has 1 aromatic heterocycles. The van der Waals surface area contributed by atoms with Crippen molar-refractivity contribution in [3.05, 3.63) is 58.5 Å². The summed E-state index contributed by atoms with van der Waals surface area (Å²) in [6.07, 6.45) is 9.76. The van der Waals surface area contributed by atoms with Crippen LogP contribution in [0.2, 0.25) is 0 Å².